The molecule has 0 unspecified atom stereocenters. The van der Waals surface area contributed by atoms with E-state index in [1.54, 1.807) is 0 Å². The van der Waals surface area contributed by atoms with Gasteiger partial charge in [-0.3, -0.25) is 4.79 Å². The second-order valence-corrected chi connectivity index (χ2v) is 3.60. The van der Waals surface area contributed by atoms with Crippen LogP contribution in [0.25, 0.3) is 0 Å². The summed E-state index contributed by atoms with van der Waals surface area (Å²) < 4.78 is 0. The van der Waals surface area contributed by atoms with E-state index in [9.17, 15) is 4.79 Å². The normalized spacial score (nSPS) is 15.0. The highest BCUT2D eigenvalue weighted by molar-refractivity contribution is 5.88. The molecular weight excluding hydrogens is 148 g/mol. The van der Waals surface area contributed by atoms with Gasteiger partial charge in [-0.25, -0.2) is 0 Å². The summed E-state index contributed by atoms with van der Waals surface area (Å²) in [5.41, 5.74) is 5.07. The molecule has 0 aliphatic heterocycles. The third-order valence-corrected chi connectivity index (χ3v) is 2.59. The standard InChI is InChI=1S/C11H12O/c1-7-3-9-5-11(12)6-10(9)4-8(7)2/h3-4H,5-6H2,1-2H3. The summed E-state index contributed by atoms with van der Waals surface area (Å²) in [4.78, 5) is 11.1. The topological polar surface area (TPSA) is 17.1 Å². The fourth-order valence-electron chi connectivity index (χ4n) is 1.75. The molecule has 0 heterocycles. The van der Waals surface area contributed by atoms with Gasteiger partial charge in [0.1, 0.15) is 5.78 Å². The molecule has 0 N–H and O–H groups in total. The van der Waals surface area contributed by atoms with Crippen LogP contribution in [0, 0.1) is 13.8 Å². The Bertz CT molecular complexity index is 317. The van der Waals surface area contributed by atoms with Gasteiger partial charge in [-0.2, -0.15) is 0 Å². The van der Waals surface area contributed by atoms with Crippen molar-refractivity contribution in [1.29, 1.82) is 0 Å². The molecule has 1 aliphatic rings. The lowest BCUT2D eigenvalue weighted by atomic mass is 10.0. The van der Waals surface area contributed by atoms with Crippen molar-refractivity contribution in [2.24, 2.45) is 0 Å². The van der Waals surface area contributed by atoms with Crippen molar-refractivity contribution in [2.45, 2.75) is 26.7 Å². The van der Waals surface area contributed by atoms with Crippen LogP contribution in [-0.2, 0) is 17.6 Å². The van der Waals surface area contributed by atoms with Crippen molar-refractivity contribution in [2.75, 3.05) is 0 Å². The van der Waals surface area contributed by atoms with Crippen LogP contribution in [0.3, 0.4) is 0 Å². The maximum absolute atomic E-state index is 11.1. The molecule has 2 rings (SSSR count). The number of Topliss-reactive ketones (excluding diaryl/α,β-unsaturated/α-hetero) is 1. The van der Waals surface area contributed by atoms with Crippen molar-refractivity contribution < 1.29 is 4.79 Å². The SMILES string of the molecule is Cc1cc2c(cc1C)CC(=O)C2. The lowest BCUT2D eigenvalue weighted by Crippen LogP contribution is -1.92. The van der Waals surface area contributed by atoms with E-state index in [-0.39, 0.29) is 0 Å². The molecule has 0 fully saturated rings. The van der Waals surface area contributed by atoms with Gasteiger partial charge >= 0.3 is 0 Å². The lowest BCUT2D eigenvalue weighted by molar-refractivity contribution is -0.117. The number of hydrogen-bond donors (Lipinski definition) is 0. The maximum Gasteiger partial charge on any atom is 0.141 e. The monoisotopic (exact) mass is 160 g/mol. The Morgan fingerprint density at radius 2 is 1.42 bits per heavy atom. The molecule has 0 atom stereocenters. The smallest absolute Gasteiger partial charge is 0.141 e. The highest BCUT2D eigenvalue weighted by Crippen LogP contribution is 2.22. The summed E-state index contributed by atoms with van der Waals surface area (Å²) in [6.07, 6.45) is 1.30. The fourth-order valence-corrected chi connectivity index (χ4v) is 1.75. The number of hydrogen-bond acceptors (Lipinski definition) is 1. The number of benzene rings is 1. The zero-order valence-electron chi connectivity index (χ0n) is 7.48. The second kappa shape index (κ2) is 2.44. The molecule has 0 saturated carbocycles. The molecule has 0 radical (unpaired) electrons. The van der Waals surface area contributed by atoms with E-state index in [0.717, 1.165) is 0 Å². The van der Waals surface area contributed by atoms with Crippen LogP contribution in [0.15, 0.2) is 12.1 Å². The highest BCUT2D eigenvalue weighted by Gasteiger charge is 2.18. The van der Waals surface area contributed by atoms with Crippen LogP contribution in [0.2, 0.25) is 0 Å². The molecule has 1 nitrogen and oxygen atoms in total. The van der Waals surface area contributed by atoms with Crippen LogP contribution in [0.4, 0.5) is 0 Å². The molecule has 0 amide bonds. The first-order valence-corrected chi connectivity index (χ1v) is 4.27. The molecule has 1 aromatic rings. The molecule has 62 valence electrons. The highest BCUT2D eigenvalue weighted by atomic mass is 16.1. The van der Waals surface area contributed by atoms with Gasteiger partial charge in [0.25, 0.3) is 0 Å². The number of carbonyl (C=O) groups excluding carboxylic acids is 1. The van der Waals surface area contributed by atoms with Gasteiger partial charge in [-0.1, -0.05) is 12.1 Å². The van der Waals surface area contributed by atoms with E-state index in [0.29, 0.717) is 18.6 Å². The van der Waals surface area contributed by atoms with Crippen molar-refractivity contribution in [3.8, 4) is 0 Å². The predicted octanol–water partition coefficient (Wildman–Crippen LogP) is 1.97. The van der Waals surface area contributed by atoms with Crippen LogP contribution < -0.4 is 0 Å². The quantitative estimate of drug-likeness (QED) is 0.567. The van der Waals surface area contributed by atoms with Gasteiger partial charge in [-0.15, -0.1) is 0 Å². The molecule has 0 spiro atoms. The largest absolute Gasteiger partial charge is 0.299 e. The van der Waals surface area contributed by atoms with Crippen molar-refractivity contribution >= 4 is 5.78 Å². The summed E-state index contributed by atoms with van der Waals surface area (Å²) in [6.45, 7) is 4.19. The zero-order chi connectivity index (χ0) is 8.72. The third-order valence-electron chi connectivity index (χ3n) is 2.59. The molecule has 1 aliphatic carbocycles. The summed E-state index contributed by atoms with van der Waals surface area (Å²) in [6, 6.07) is 4.30. The van der Waals surface area contributed by atoms with E-state index in [4.69, 9.17) is 0 Å². The van der Waals surface area contributed by atoms with Gasteiger partial charge in [-0.05, 0) is 36.1 Å². The Labute approximate surface area is 72.4 Å². The summed E-state index contributed by atoms with van der Waals surface area (Å²) >= 11 is 0. The predicted molar refractivity (Wildman–Crippen MR) is 48.3 cm³/mol. The average molecular weight is 160 g/mol. The summed E-state index contributed by atoms with van der Waals surface area (Å²) in [7, 11) is 0. The van der Waals surface area contributed by atoms with Crippen molar-refractivity contribution in [3.63, 3.8) is 0 Å². The molecule has 1 aromatic carbocycles. The second-order valence-electron chi connectivity index (χ2n) is 3.60. The molecular formula is C11H12O. The third kappa shape index (κ3) is 1.06. The Morgan fingerprint density at radius 1 is 1.00 bits per heavy atom. The first kappa shape index (κ1) is 7.53. The van der Waals surface area contributed by atoms with Crippen LogP contribution in [0.5, 0.6) is 0 Å². The minimum absolute atomic E-state index is 0.356. The average Bonchev–Trinajstić information content (AvgIpc) is 2.30. The van der Waals surface area contributed by atoms with E-state index in [2.05, 4.69) is 26.0 Å². The lowest BCUT2D eigenvalue weighted by Gasteiger charge is -2.03. The van der Waals surface area contributed by atoms with Crippen molar-refractivity contribution in [3.05, 3.63) is 34.4 Å². The fraction of sp³-hybridized carbons (Fsp3) is 0.364. The zero-order valence-corrected chi connectivity index (χ0v) is 7.48. The van der Waals surface area contributed by atoms with Crippen molar-refractivity contribution in [1.82, 2.24) is 0 Å². The van der Waals surface area contributed by atoms with E-state index in [1.807, 2.05) is 0 Å². The number of rotatable bonds is 0. The number of fused-ring (bicyclic) bond motifs is 1. The van der Waals surface area contributed by atoms with E-state index >= 15 is 0 Å². The minimum atomic E-state index is 0.356. The number of carbonyl (C=O) groups is 1. The van der Waals surface area contributed by atoms with Gasteiger partial charge in [0.05, 0.1) is 0 Å². The Morgan fingerprint density at radius 3 is 1.83 bits per heavy atom. The van der Waals surface area contributed by atoms with Gasteiger partial charge in [0.2, 0.25) is 0 Å². The summed E-state index contributed by atoms with van der Waals surface area (Å²) in [5.74, 6) is 0.356. The van der Waals surface area contributed by atoms with E-state index in [1.165, 1.54) is 22.3 Å². The van der Waals surface area contributed by atoms with Crippen LogP contribution in [0.1, 0.15) is 22.3 Å². The number of aryl methyl sites for hydroxylation is 2. The van der Waals surface area contributed by atoms with Crippen LogP contribution >= 0.6 is 0 Å². The molecule has 12 heavy (non-hydrogen) atoms. The molecule has 0 aromatic heterocycles. The summed E-state index contributed by atoms with van der Waals surface area (Å²) in [5, 5.41) is 0. The minimum Gasteiger partial charge on any atom is -0.299 e. The Balaban J connectivity index is 2.55. The Kier molecular flexibility index (Phi) is 1.53. The van der Waals surface area contributed by atoms with Gasteiger partial charge in [0, 0.05) is 12.8 Å². The van der Waals surface area contributed by atoms with E-state index < -0.39 is 0 Å². The first-order valence-electron chi connectivity index (χ1n) is 4.27. The number of ketones is 1. The van der Waals surface area contributed by atoms with Gasteiger partial charge < -0.3 is 0 Å². The van der Waals surface area contributed by atoms with Gasteiger partial charge in [0.15, 0.2) is 0 Å². The van der Waals surface area contributed by atoms with Crippen LogP contribution in [-0.4, -0.2) is 5.78 Å². The Hall–Kier alpha value is -1.11. The molecule has 0 bridgehead atoms. The first-order chi connectivity index (χ1) is 5.66. The molecule has 1 heteroatoms. The molecule has 0 saturated heterocycles. The maximum atomic E-state index is 11.1.